The zero-order chi connectivity index (χ0) is 19.2. The van der Waals surface area contributed by atoms with Gasteiger partial charge in [-0.2, -0.15) is 0 Å². The number of nitrogens with one attached hydrogen (secondary N) is 1. The second kappa shape index (κ2) is 6.67. The van der Waals surface area contributed by atoms with Crippen molar-refractivity contribution in [2.24, 2.45) is 5.92 Å². The van der Waals surface area contributed by atoms with Crippen LogP contribution >= 0.6 is 0 Å². The number of aryl methyl sites for hydroxylation is 1. The Morgan fingerprint density at radius 2 is 1.92 bits per heavy atom. The molecule has 3 atom stereocenters. The predicted octanol–water partition coefficient (Wildman–Crippen LogP) is 2.83. The number of rotatable bonds is 1. The maximum absolute atomic E-state index is 12.6. The van der Waals surface area contributed by atoms with Gasteiger partial charge in [0.25, 0.3) is 0 Å². The number of hydrogen-bond donors (Lipinski definition) is 1. The number of amides is 1. The molecule has 1 aliphatic carbocycles. The van der Waals surface area contributed by atoms with E-state index < -0.39 is 5.60 Å². The summed E-state index contributed by atoms with van der Waals surface area (Å²) in [6, 6.07) is 0.388. The number of hydrogen-bond acceptors (Lipinski definition) is 3. The minimum absolute atomic E-state index is 0. The van der Waals surface area contributed by atoms with E-state index in [1.165, 1.54) is 21.8 Å². The van der Waals surface area contributed by atoms with Crippen LogP contribution in [0.4, 0.5) is 4.79 Å². The van der Waals surface area contributed by atoms with Crippen LogP contribution in [0.3, 0.4) is 0 Å². The lowest BCUT2D eigenvalue weighted by molar-refractivity contribution is -0.00145. The standard InChI is InChI=1S/C21H33N3O2.H2/c1-13-8-17-19(14(2)10-22-17)18(9-13)23-11-16(4)24(12-15(23)3)20(25)26-21(5,6)7;/h8,10,13,15-16,22H,9,11-12H2,1-7H3;1H/t13?,15-,16+;/m0./s1. The first kappa shape index (κ1) is 18.9. The minimum Gasteiger partial charge on any atom is -0.444 e. The van der Waals surface area contributed by atoms with Gasteiger partial charge in [0.05, 0.1) is 0 Å². The molecule has 0 saturated carbocycles. The predicted molar refractivity (Wildman–Crippen MR) is 107 cm³/mol. The molecule has 0 radical (unpaired) electrons. The first-order valence-electron chi connectivity index (χ1n) is 9.72. The van der Waals surface area contributed by atoms with Gasteiger partial charge in [-0.05, 0) is 59.4 Å². The minimum atomic E-state index is -0.461. The van der Waals surface area contributed by atoms with Crippen molar-refractivity contribution in [3.63, 3.8) is 0 Å². The Morgan fingerprint density at radius 3 is 2.58 bits per heavy atom. The van der Waals surface area contributed by atoms with Gasteiger partial charge in [0.15, 0.2) is 0 Å². The topological polar surface area (TPSA) is 48.6 Å². The van der Waals surface area contributed by atoms with Gasteiger partial charge < -0.3 is 19.5 Å². The molecule has 1 aromatic rings. The number of fused-ring (bicyclic) bond motifs is 1. The van der Waals surface area contributed by atoms with E-state index in [-0.39, 0.29) is 19.6 Å². The molecule has 5 nitrogen and oxygen atoms in total. The lowest BCUT2D eigenvalue weighted by Crippen LogP contribution is -2.59. The fourth-order valence-electron chi connectivity index (χ4n) is 4.15. The molecule has 1 saturated heterocycles. The van der Waals surface area contributed by atoms with Crippen LogP contribution in [0.5, 0.6) is 0 Å². The van der Waals surface area contributed by atoms with E-state index in [4.69, 9.17) is 4.74 Å². The monoisotopic (exact) mass is 361 g/mol. The van der Waals surface area contributed by atoms with Crippen LogP contribution < -0.4 is 10.6 Å². The number of carbonyl (C=O) groups excluding carboxylic acids is 1. The summed E-state index contributed by atoms with van der Waals surface area (Å²) in [6.45, 7) is 16.1. The van der Waals surface area contributed by atoms with Crippen LogP contribution in [-0.2, 0) is 4.74 Å². The van der Waals surface area contributed by atoms with Crippen LogP contribution in [0.25, 0.3) is 11.8 Å². The Kier molecular flexibility index (Phi) is 4.84. The Labute approximate surface area is 158 Å². The maximum Gasteiger partial charge on any atom is 0.410 e. The molecule has 146 valence electrons. The van der Waals surface area contributed by atoms with E-state index in [0.29, 0.717) is 12.5 Å². The normalized spacial score (nSPS) is 26.4. The molecular weight excluding hydrogens is 326 g/mol. The average molecular weight is 362 g/mol. The van der Waals surface area contributed by atoms with Gasteiger partial charge in [0.1, 0.15) is 5.60 Å². The highest BCUT2D eigenvalue weighted by Crippen LogP contribution is 2.27. The Balaban J connectivity index is 0.00000261. The number of aromatic amines is 1. The molecular formula is C21H35N3O2. The summed E-state index contributed by atoms with van der Waals surface area (Å²) in [5, 5.41) is 2.60. The molecule has 1 amide bonds. The summed E-state index contributed by atoms with van der Waals surface area (Å²) in [7, 11) is 0. The smallest absolute Gasteiger partial charge is 0.410 e. The summed E-state index contributed by atoms with van der Waals surface area (Å²) in [4.78, 5) is 20.4. The van der Waals surface area contributed by atoms with Crippen molar-refractivity contribution in [1.82, 2.24) is 14.8 Å². The highest BCUT2D eigenvalue weighted by Gasteiger charge is 2.36. The Morgan fingerprint density at radius 1 is 1.23 bits per heavy atom. The van der Waals surface area contributed by atoms with E-state index >= 15 is 0 Å². The summed E-state index contributed by atoms with van der Waals surface area (Å²) >= 11 is 0. The van der Waals surface area contributed by atoms with Crippen LogP contribution in [-0.4, -0.2) is 51.7 Å². The number of aromatic nitrogens is 1. The van der Waals surface area contributed by atoms with Crippen molar-refractivity contribution in [2.45, 2.75) is 72.6 Å². The van der Waals surface area contributed by atoms with Crippen LogP contribution in [0.15, 0.2) is 6.20 Å². The van der Waals surface area contributed by atoms with Crippen LogP contribution in [0.1, 0.15) is 55.0 Å². The highest BCUT2D eigenvalue weighted by molar-refractivity contribution is 5.69. The number of nitrogens with zero attached hydrogens (tertiary/aromatic N) is 2. The lowest BCUT2D eigenvalue weighted by atomic mass is 9.95. The summed E-state index contributed by atoms with van der Waals surface area (Å²) in [5.74, 6) is 0.516. The van der Waals surface area contributed by atoms with E-state index in [2.05, 4.69) is 49.9 Å². The molecule has 1 aliphatic heterocycles. The summed E-state index contributed by atoms with van der Waals surface area (Å²) in [6.07, 6.45) is 5.28. The summed E-state index contributed by atoms with van der Waals surface area (Å²) in [5.41, 5.74) is 2.25. The van der Waals surface area contributed by atoms with Crippen molar-refractivity contribution in [3.05, 3.63) is 22.3 Å². The number of carbonyl (C=O) groups is 1. The fourth-order valence-corrected chi connectivity index (χ4v) is 4.15. The van der Waals surface area contributed by atoms with Gasteiger partial charge in [0.2, 0.25) is 0 Å². The third-order valence-corrected chi connectivity index (χ3v) is 5.32. The molecule has 1 fully saturated rings. The van der Waals surface area contributed by atoms with Crippen LogP contribution in [0.2, 0.25) is 0 Å². The first-order valence-corrected chi connectivity index (χ1v) is 9.72. The van der Waals surface area contributed by atoms with Crippen molar-refractivity contribution in [3.8, 4) is 0 Å². The van der Waals surface area contributed by atoms with Gasteiger partial charge in [-0.25, -0.2) is 4.79 Å². The van der Waals surface area contributed by atoms with Gasteiger partial charge in [0, 0.05) is 49.1 Å². The third kappa shape index (κ3) is 3.62. The molecule has 1 unspecified atom stereocenters. The van der Waals surface area contributed by atoms with Crippen molar-refractivity contribution >= 4 is 17.9 Å². The van der Waals surface area contributed by atoms with Crippen molar-refractivity contribution < 1.29 is 11.0 Å². The van der Waals surface area contributed by atoms with E-state index in [1.54, 1.807) is 0 Å². The maximum atomic E-state index is 12.6. The van der Waals surface area contributed by atoms with E-state index in [0.717, 1.165) is 13.0 Å². The molecule has 3 rings (SSSR count). The average Bonchev–Trinajstić information content (AvgIpc) is 2.87. The molecule has 5 heteroatoms. The quantitative estimate of drug-likeness (QED) is 0.837. The number of H-pyrrole nitrogens is 1. The van der Waals surface area contributed by atoms with E-state index in [1.807, 2.05) is 25.7 Å². The Hall–Kier alpha value is -1.91. The molecule has 1 aromatic heterocycles. The second-order valence-electron chi connectivity index (χ2n) is 9.04. The molecule has 0 aromatic carbocycles. The third-order valence-electron chi connectivity index (χ3n) is 5.32. The molecule has 2 aliphatic rings. The SMILES string of the molecule is Cc1c[nH]c2c1=C(N1C[C@@H](C)N(C(=O)OC(C)(C)C)C[C@@H]1C)CC(C)C=2.[HH]. The lowest BCUT2D eigenvalue weighted by Gasteiger charge is -2.46. The zero-order valence-electron chi connectivity index (χ0n) is 17.2. The van der Waals surface area contributed by atoms with Crippen molar-refractivity contribution in [2.75, 3.05) is 13.1 Å². The van der Waals surface area contributed by atoms with Gasteiger partial charge in [-0.3, -0.25) is 0 Å². The molecule has 26 heavy (non-hydrogen) atoms. The molecule has 0 spiro atoms. The number of piperazine rings is 1. The highest BCUT2D eigenvalue weighted by atomic mass is 16.6. The van der Waals surface area contributed by atoms with Gasteiger partial charge in [-0.15, -0.1) is 0 Å². The molecule has 2 heterocycles. The number of ether oxygens (including phenoxy) is 1. The van der Waals surface area contributed by atoms with Gasteiger partial charge >= 0.3 is 6.09 Å². The Bertz CT molecular complexity index is 808. The van der Waals surface area contributed by atoms with Crippen molar-refractivity contribution in [1.29, 1.82) is 0 Å². The summed E-state index contributed by atoms with van der Waals surface area (Å²) < 4.78 is 5.61. The first-order chi connectivity index (χ1) is 12.1. The fraction of sp³-hybridized carbons (Fsp3) is 0.667. The van der Waals surface area contributed by atoms with E-state index in [9.17, 15) is 4.79 Å². The largest absolute Gasteiger partial charge is 0.444 e. The zero-order valence-corrected chi connectivity index (χ0v) is 17.2. The second-order valence-corrected chi connectivity index (χ2v) is 9.04. The van der Waals surface area contributed by atoms with Gasteiger partial charge in [-0.1, -0.05) is 13.0 Å². The molecule has 0 bridgehead atoms. The molecule has 1 N–H and O–H groups in total. The van der Waals surface area contributed by atoms with Crippen LogP contribution in [0, 0.1) is 12.8 Å².